The highest BCUT2D eigenvalue weighted by Crippen LogP contribution is 2.75. The summed E-state index contributed by atoms with van der Waals surface area (Å²) in [5, 5.41) is 9.64. The minimum Gasteiger partial charge on any atom is -0.478 e. The van der Waals surface area contributed by atoms with Gasteiger partial charge in [0, 0.05) is 5.41 Å². The number of esters is 1. The summed E-state index contributed by atoms with van der Waals surface area (Å²) in [4.78, 5) is 38.3. The van der Waals surface area contributed by atoms with Crippen LogP contribution in [0, 0.1) is 50.2 Å². The summed E-state index contributed by atoms with van der Waals surface area (Å²) in [5.74, 6) is -0.668. The van der Waals surface area contributed by atoms with Gasteiger partial charge in [-0.05, 0) is 116 Å². The number of hydrogen-bond acceptors (Lipinski definition) is 4. The van der Waals surface area contributed by atoms with Gasteiger partial charge in [-0.3, -0.25) is 4.79 Å². The van der Waals surface area contributed by atoms with E-state index in [4.69, 9.17) is 10.5 Å². The van der Waals surface area contributed by atoms with Crippen LogP contribution in [0.25, 0.3) is 0 Å². The molecule has 4 saturated carbocycles. The fraction of sp³-hybridized carbons (Fsp3) is 0.711. The van der Waals surface area contributed by atoms with Crippen LogP contribution in [0.1, 0.15) is 133 Å². The molecule has 0 spiro atoms. The molecule has 3 N–H and O–H groups in total. The Labute approximate surface area is 263 Å². The molecule has 0 unspecified atom stereocenters. The summed E-state index contributed by atoms with van der Waals surface area (Å²) in [6.45, 7) is 16.8. The predicted molar refractivity (Wildman–Crippen MR) is 171 cm³/mol. The monoisotopic (exact) mass is 603 g/mol. The number of carbonyl (C=O) groups excluding carboxylic acids is 2. The second-order valence-corrected chi connectivity index (χ2v) is 17.3. The van der Waals surface area contributed by atoms with Gasteiger partial charge >= 0.3 is 11.9 Å². The standard InChI is InChI=1S/C38H53NO5/c1-33(2)18-20-38(32(39)43)21-19-36(6)25(26(38)22-33)12-13-28-35(5)16-15-29(34(3,4)27(35)14-17-37(28,36)7)44-31(42)24-11-9-8-10-23(24)30(40)41/h8-12,26-29H,13-22H2,1-7H3,(H2,39,43)(H,40,41)/t26-,27-,28+,29-,35-,36+,37+,38-/m0/s1. The number of benzene rings is 1. The third kappa shape index (κ3) is 4.21. The van der Waals surface area contributed by atoms with Crippen molar-refractivity contribution in [1.82, 2.24) is 0 Å². The lowest BCUT2D eigenvalue weighted by Crippen LogP contribution is -2.65. The molecule has 240 valence electrons. The molecule has 1 aromatic rings. The van der Waals surface area contributed by atoms with Crippen molar-refractivity contribution in [3.63, 3.8) is 0 Å². The maximum absolute atomic E-state index is 13.4. The molecule has 44 heavy (non-hydrogen) atoms. The lowest BCUT2D eigenvalue weighted by molar-refractivity contribution is -0.203. The van der Waals surface area contributed by atoms with Crippen LogP contribution in [0.2, 0.25) is 0 Å². The normalized spacial score (nSPS) is 41.9. The summed E-state index contributed by atoms with van der Waals surface area (Å²) in [7, 11) is 0. The number of carboxylic acid groups (broad SMARTS) is 1. The van der Waals surface area contributed by atoms with Crippen molar-refractivity contribution < 1.29 is 24.2 Å². The largest absolute Gasteiger partial charge is 0.478 e. The molecule has 6 rings (SSSR count). The van der Waals surface area contributed by atoms with Gasteiger partial charge < -0.3 is 15.6 Å². The van der Waals surface area contributed by atoms with Crippen LogP contribution in [0.15, 0.2) is 35.9 Å². The number of primary amides is 1. The molecule has 0 aromatic heterocycles. The van der Waals surface area contributed by atoms with E-state index >= 15 is 0 Å². The maximum atomic E-state index is 13.4. The molecule has 0 heterocycles. The highest BCUT2D eigenvalue weighted by Gasteiger charge is 2.69. The summed E-state index contributed by atoms with van der Waals surface area (Å²) in [6, 6.07) is 6.33. The number of hydrogen-bond donors (Lipinski definition) is 2. The minimum absolute atomic E-state index is 0.0170. The average molecular weight is 604 g/mol. The van der Waals surface area contributed by atoms with Crippen molar-refractivity contribution in [2.75, 3.05) is 0 Å². The zero-order valence-electron chi connectivity index (χ0n) is 27.9. The quantitative estimate of drug-likeness (QED) is 0.266. The van der Waals surface area contributed by atoms with Crippen molar-refractivity contribution in [2.45, 2.75) is 119 Å². The molecule has 0 bridgehead atoms. The van der Waals surface area contributed by atoms with Crippen LogP contribution >= 0.6 is 0 Å². The fourth-order valence-electron chi connectivity index (χ4n) is 11.9. The first-order chi connectivity index (χ1) is 20.4. The van der Waals surface area contributed by atoms with E-state index in [0.717, 1.165) is 64.2 Å². The Balaban J connectivity index is 1.31. The average Bonchev–Trinajstić information content (AvgIpc) is 2.94. The number of aromatic carboxylic acids is 1. The summed E-state index contributed by atoms with van der Waals surface area (Å²) < 4.78 is 6.20. The molecule has 6 nitrogen and oxygen atoms in total. The van der Waals surface area contributed by atoms with Gasteiger partial charge in [0.2, 0.25) is 5.91 Å². The molecule has 1 aromatic carbocycles. The van der Waals surface area contributed by atoms with Crippen LogP contribution in [0.3, 0.4) is 0 Å². The second kappa shape index (κ2) is 9.93. The molecule has 8 atom stereocenters. The highest BCUT2D eigenvalue weighted by molar-refractivity contribution is 6.02. The molecule has 6 heteroatoms. The van der Waals surface area contributed by atoms with Gasteiger partial charge in [-0.25, -0.2) is 9.59 Å². The number of nitrogens with two attached hydrogens (primary N) is 1. The van der Waals surface area contributed by atoms with Gasteiger partial charge in [0.1, 0.15) is 6.10 Å². The number of carboxylic acids is 1. The van der Waals surface area contributed by atoms with Crippen LogP contribution in [0.5, 0.6) is 0 Å². The zero-order valence-corrected chi connectivity index (χ0v) is 27.9. The van der Waals surface area contributed by atoms with Gasteiger partial charge in [0.15, 0.2) is 0 Å². The topological polar surface area (TPSA) is 107 Å². The Morgan fingerprint density at radius 3 is 2.16 bits per heavy atom. The second-order valence-electron chi connectivity index (χ2n) is 17.3. The van der Waals surface area contributed by atoms with Gasteiger partial charge in [0.25, 0.3) is 0 Å². The Morgan fingerprint density at radius 1 is 0.841 bits per heavy atom. The van der Waals surface area contributed by atoms with Crippen LogP contribution < -0.4 is 5.73 Å². The molecule has 0 saturated heterocycles. The van der Waals surface area contributed by atoms with Crippen molar-refractivity contribution in [2.24, 2.45) is 56.0 Å². The van der Waals surface area contributed by atoms with E-state index in [2.05, 4.69) is 54.5 Å². The Hall–Kier alpha value is -2.63. The highest BCUT2D eigenvalue weighted by atomic mass is 16.5. The number of carbonyl (C=O) groups is 3. The number of amides is 1. The third-order valence-electron chi connectivity index (χ3n) is 14.7. The van der Waals surface area contributed by atoms with Crippen molar-refractivity contribution in [3.05, 3.63) is 47.0 Å². The van der Waals surface area contributed by atoms with E-state index in [1.165, 1.54) is 11.6 Å². The van der Waals surface area contributed by atoms with E-state index in [0.29, 0.717) is 11.8 Å². The van der Waals surface area contributed by atoms with Gasteiger partial charge in [-0.15, -0.1) is 0 Å². The van der Waals surface area contributed by atoms with Crippen molar-refractivity contribution in [1.29, 1.82) is 0 Å². The van der Waals surface area contributed by atoms with Crippen LogP contribution in [-0.2, 0) is 9.53 Å². The number of rotatable bonds is 4. The van der Waals surface area contributed by atoms with E-state index < -0.39 is 17.4 Å². The molecule has 0 aliphatic heterocycles. The van der Waals surface area contributed by atoms with E-state index in [9.17, 15) is 19.5 Å². The molecule has 5 aliphatic carbocycles. The molecular formula is C38H53NO5. The molecule has 4 fully saturated rings. The zero-order chi connectivity index (χ0) is 32.1. The number of ether oxygens (including phenoxy) is 1. The van der Waals surface area contributed by atoms with Crippen molar-refractivity contribution >= 4 is 17.8 Å². The third-order valence-corrected chi connectivity index (χ3v) is 14.7. The summed E-state index contributed by atoms with van der Waals surface area (Å²) >= 11 is 0. The smallest absolute Gasteiger partial charge is 0.339 e. The number of allylic oxidation sites excluding steroid dienone is 2. The Kier molecular flexibility index (Phi) is 7.08. The Morgan fingerprint density at radius 2 is 1.50 bits per heavy atom. The lowest BCUT2D eigenvalue weighted by Gasteiger charge is -2.71. The maximum Gasteiger partial charge on any atom is 0.339 e. The minimum atomic E-state index is -1.12. The predicted octanol–water partition coefficient (Wildman–Crippen LogP) is 8.20. The van der Waals surface area contributed by atoms with E-state index in [-0.39, 0.29) is 56.1 Å². The van der Waals surface area contributed by atoms with E-state index in [1.807, 2.05) is 0 Å². The van der Waals surface area contributed by atoms with Gasteiger partial charge in [-0.2, -0.15) is 0 Å². The van der Waals surface area contributed by atoms with Gasteiger partial charge in [0.05, 0.1) is 16.5 Å². The summed E-state index contributed by atoms with van der Waals surface area (Å²) in [5.41, 5.74) is 7.61. The number of fused-ring (bicyclic) bond motifs is 7. The first-order valence-electron chi connectivity index (χ1n) is 17.0. The van der Waals surface area contributed by atoms with Crippen LogP contribution in [-0.4, -0.2) is 29.1 Å². The van der Waals surface area contributed by atoms with Crippen LogP contribution in [0.4, 0.5) is 0 Å². The first-order valence-corrected chi connectivity index (χ1v) is 17.0. The summed E-state index contributed by atoms with van der Waals surface area (Å²) in [6.07, 6.45) is 12.1. The first kappa shape index (κ1) is 31.4. The molecular weight excluding hydrogens is 550 g/mol. The van der Waals surface area contributed by atoms with E-state index in [1.54, 1.807) is 18.2 Å². The lowest BCUT2D eigenvalue weighted by atomic mass is 9.33. The SMILES string of the molecule is CC1(C)CC[C@]2(C(N)=O)CC[C@]3(C)C(=CC[C@@H]4[C@@]5(C)CC[C@H](OC(=O)c6ccccc6C(=O)O)C(C)(C)[C@@H]5CC[C@]43C)[C@@H]2C1. The fourth-order valence-corrected chi connectivity index (χ4v) is 11.9. The van der Waals surface area contributed by atoms with Crippen molar-refractivity contribution in [3.8, 4) is 0 Å². The Bertz CT molecular complexity index is 1430. The molecule has 0 radical (unpaired) electrons. The molecule has 1 amide bonds. The molecule has 5 aliphatic rings. The van der Waals surface area contributed by atoms with Gasteiger partial charge in [-0.1, -0.05) is 72.2 Å².